The molecule has 2 nitrogen and oxygen atoms in total. The van der Waals surface area contributed by atoms with E-state index in [1.807, 2.05) is 42.5 Å². The first-order chi connectivity index (χ1) is 8.30. The normalized spacial score (nSPS) is 22.1. The maximum Gasteiger partial charge on any atom is 0.150 e. The third-order valence-corrected chi connectivity index (χ3v) is 3.44. The van der Waals surface area contributed by atoms with E-state index in [-0.39, 0.29) is 5.92 Å². The van der Waals surface area contributed by atoms with Crippen LogP contribution >= 0.6 is 0 Å². The van der Waals surface area contributed by atoms with E-state index < -0.39 is 5.41 Å². The van der Waals surface area contributed by atoms with E-state index in [0.717, 1.165) is 18.4 Å². The Bertz CT molecular complexity index is 474. The van der Waals surface area contributed by atoms with Gasteiger partial charge in [0.15, 0.2) is 0 Å². The molecule has 0 bridgehead atoms. The predicted molar refractivity (Wildman–Crippen MR) is 66.5 cm³/mol. The molecule has 84 valence electrons. The quantitative estimate of drug-likeness (QED) is 0.768. The third kappa shape index (κ3) is 2.22. The number of nitriles is 2. The molecule has 1 saturated carbocycles. The van der Waals surface area contributed by atoms with Crippen LogP contribution in [0.3, 0.4) is 0 Å². The monoisotopic (exact) mass is 222 g/mol. The van der Waals surface area contributed by atoms with Gasteiger partial charge in [-0.2, -0.15) is 10.5 Å². The van der Waals surface area contributed by atoms with Crippen LogP contribution in [0, 0.1) is 34.0 Å². The van der Waals surface area contributed by atoms with Crippen molar-refractivity contribution in [2.75, 3.05) is 0 Å². The summed E-state index contributed by atoms with van der Waals surface area (Å²) >= 11 is 0. The molecule has 0 N–H and O–H groups in total. The smallest absolute Gasteiger partial charge is 0.150 e. The minimum atomic E-state index is -0.800. The fraction of sp³-hybridized carbons (Fsp3) is 0.333. The van der Waals surface area contributed by atoms with E-state index in [0.29, 0.717) is 6.42 Å². The standard InChI is InChI=1S/C15H14N2/c16-11-15(12-17)10-4-7-14(15)9-8-13-5-2-1-3-6-13/h1-3,5-6,8-9,14H,4,7,10H2/b9-8+. The van der Waals surface area contributed by atoms with Crippen LogP contribution < -0.4 is 0 Å². The summed E-state index contributed by atoms with van der Waals surface area (Å²) in [6.07, 6.45) is 6.63. The van der Waals surface area contributed by atoms with Crippen molar-refractivity contribution >= 4 is 6.08 Å². The molecule has 1 aliphatic rings. The molecule has 2 heteroatoms. The molecule has 2 rings (SSSR count). The number of allylic oxidation sites excluding steroid dienone is 1. The van der Waals surface area contributed by atoms with Crippen molar-refractivity contribution in [1.82, 2.24) is 0 Å². The fourth-order valence-corrected chi connectivity index (χ4v) is 2.39. The minimum absolute atomic E-state index is 0.0673. The Morgan fingerprint density at radius 3 is 2.53 bits per heavy atom. The molecule has 1 atom stereocenters. The molecule has 1 fully saturated rings. The molecular formula is C15H14N2. The van der Waals surface area contributed by atoms with Gasteiger partial charge in [-0.3, -0.25) is 0 Å². The molecule has 1 aromatic carbocycles. The van der Waals surface area contributed by atoms with Gasteiger partial charge in [-0.25, -0.2) is 0 Å². The van der Waals surface area contributed by atoms with Crippen molar-refractivity contribution in [1.29, 1.82) is 10.5 Å². The van der Waals surface area contributed by atoms with Crippen molar-refractivity contribution < 1.29 is 0 Å². The second-order valence-electron chi connectivity index (χ2n) is 4.46. The summed E-state index contributed by atoms with van der Waals surface area (Å²) in [5.41, 5.74) is 0.315. The minimum Gasteiger partial charge on any atom is -0.197 e. The van der Waals surface area contributed by atoms with Crippen molar-refractivity contribution in [3.05, 3.63) is 42.0 Å². The Morgan fingerprint density at radius 2 is 1.88 bits per heavy atom. The Morgan fingerprint density at radius 1 is 1.18 bits per heavy atom. The van der Waals surface area contributed by atoms with Crippen molar-refractivity contribution in [2.45, 2.75) is 19.3 Å². The van der Waals surface area contributed by atoms with Crippen LogP contribution in [-0.4, -0.2) is 0 Å². The maximum atomic E-state index is 9.18. The zero-order valence-electron chi connectivity index (χ0n) is 9.63. The van der Waals surface area contributed by atoms with Gasteiger partial charge in [0.2, 0.25) is 0 Å². The van der Waals surface area contributed by atoms with Crippen LogP contribution in [-0.2, 0) is 0 Å². The van der Waals surface area contributed by atoms with Crippen molar-refractivity contribution in [3.8, 4) is 12.1 Å². The molecule has 0 aliphatic heterocycles. The van der Waals surface area contributed by atoms with E-state index in [9.17, 15) is 10.5 Å². The highest BCUT2D eigenvalue weighted by atomic mass is 14.5. The summed E-state index contributed by atoms with van der Waals surface area (Å²) in [5, 5.41) is 18.4. The average Bonchev–Trinajstić information content (AvgIpc) is 2.81. The van der Waals surface area contributed by atoms with Gasteiger partial charge in [0.25, 0.3) is 0 Å². The summed E-state index contributed by atoms with van der Waals surface area (Å²) < 4.78 is 0. The molecule has 0 aromatic heterocycles. The Balaban J connectivity index is 2.18. The van der Waals surface area contributed by atoms with E-state index >= 15 is 0 Å². The summed E-state index contributed by atoms with van der Waals surface area (Å²) in [6, 6.07) is 14.4. The first-order valence-electron chi connectivity index (χ1n) is 5.86. The lowest BCUT2D eigenvalue weighted by atomic mass is 9.80. The Kier molecular flexibility index (Phi) is 3.26. The molecular weight excluding hydrogens is 208 g/mol. The fourth-order valence-electron chi connectivity index (χ4n) is 2.39. The molecule has 1 aromatic rings. The summed E-state index contributed by atoms with van der Waals surface area (Å²) in [6.45, 7) is 0. The number of hydrogen-bond donors (Lipinski definition) is 0. The summed E-state index contributed by atoms with van der Waals surface area (Å²) in [4.78, 5) is 0. The van der Waals surface area contributed by atoms with E-state index in [1.54, 1.807) is 0 Å². The lowest BCUT2D eigenvalue weighted by Crippen LogP contribution is -2.19. The van der Waals surface area contributed by atoms with Crippen LogP contribution in [0.2, 0.25) is 0 Å². The second kappa shape index (κ2) is 4.85. The van der Waals surface area contributed by atoms with Crippen LogP contribution in [0.5, 0.6) is 0 Å². The Hall–Kier alpha value is -2.06. The largest absolute Gasteiger partial charge is 0.197 e. The average molecular weight is 222 g/mol. The number of hydrogen-bond acceptors (Lipinski definition) is 2. The number of nitrogens with zero attached hydrogens (tertiary/aromatic N) is 2. The van der Waals surface area contributed by atoms with Crippen LogP contribution in [0.15, 0.2) is 36.4 Å². The van der Waals surface area contributed by atoms with E-state index in [2.05, 4.69) is 12.1 Å². The second-order valence-corrected chi connectivity index (χ2v) is 4.46. The van der Waals surface area contributed by atoms with Crippen LogP contribution in [0.25, 0.3) is 6.08 Å². The molecule has 0 amide bonds. The van der Waals surface area contributed by atoms with E-state index in [4.69, 9.17) is 0 Å². The maximum absolute atomic E-state index is 9.18. The van der Waals surface area contributed by atoms with Gasteiger partial charge in [0.1, 0.15) is 5.41 Å². The summed E-state index contributed by atoms with van der Waals surface area (Å²) in [7, 11) is 0. The molecule has 1 unspecified atom stereocenters. The van der Waals surface area contributed by atoms with Gasteiger partial charge >= 0.3 is 0 Å². The van der Waals surface area contributed by atoms with Gasteiger partial charge in [-0.15, -0.1) is 0 Å². The lowest BCUT2D eigenvalue weighted by Gasteiger charge is -2.17. The van der Waals surface area contributed by atoms with E-state index in [1.165, 1.54) is 0 Å². The molecule has 0 saturated heterocycles. The molecule has 1 aliphatic carbocycles. The highest BCUT2D eigenvalue weighted by Crippen LogP contribution is 2.43. The zero-order chi connectivity index (χ0) is 12.1. The van der Waals surface area contributed by atoms with Gasteiger partial charge in [0, 0.05) is 5.92 Å². The van der Waals surface area contributed by atoms with Crippen molar-refractivity contribution in [3.63, 3.8) is 0 Å². The van der Waals surface area contributed by atoms with Gasteiger partial charge in [0.05, 0.1) is 12.1 Å². The van der Waals surface area contributed by atoms with Crippen molar-refractivity contribution in [2.24, 2.45) is 11.3 Å². The molecule has 0 spiro atoms. The first kappa shape index (κ1) is 11.4. The highest BCUT2D eigenvalue weighted by molar-refractivity contribution is 5.50. The molecule has 0 radical (unpaired) electrons. The lowest BCUT2D eigenvalue weighted by molar-refractivity contribution is 0.449. The zero-order valence-corrected chi connectivity index (χ0v) is 9.63. The third-order valence-electron chi connectivity index (χ3n) is 3.44. The molecule has 0 heterocycles. The van der Waals surface area contributed by atoms with Gasteiger partial charge in [-0.1, -0.05) is 48.9 Å². The summed E-state index contributed by atoms with van der Waals surface area (Å²) in [5.74, 6) is 0.0673. The number of benzene rings is 1. The highest BCUT2D eigenvalue weighted by Gasteiger charge is 2.42. The van der Waals surface area contributed by atoms with Gasteiger partial charge < -0.3 is 0 Å². The number of rotatable bonds is 2. The first-order valence-corrected chi connectivity index (χ1v) is 5.86. The predicted octanol–water partition coefficient (Wildman–Crippen LogP) is 3.53. The molecule has 17 heavy (non-hydrogen) atoms. The van der Waals surface area contributed by atoms with Gasteiger partial charge in [-0.05, 0) is 18.4 Å². The Labute approximate surface area is 102 Å². The topological polar surface area (TPSA) is 47.6 Å². The van der Waals surface area contributed by atoms with Crippen LogP contribution in [0.1, 0.15) is 24.8 Å². The van der Waals surface area contributed by atoms with Crippen LogP contribution in [0.4, 0.5) is 0 Å². The SMILES string of the molecule is N#CC1(C#N)CCCC1/C=C/c1ccccc1.